The maximum atomic E-state index is 13.2. The number of benzene rings is 2. The van der Waals surface area contributed by atoms with Gasteiger partial charge >= 0.3 is 0 Å². The molecule has 0 spiro atoms. The number of hydrogen-bond acceptors (Lipinski definition) is 2. The van der Waals surface area contributed by atoms with Gasteiger partial charge < -0.3 is 11.1 Å². The van der Waals surface area contributed by atoms with Gasteiger partial charge in [-0.25, -0.2) is 4.39 Å². The Bertz CT molecular complexity index is 616. The number of rotatable bonds is 2. The molecule has 0 saturated heterocycles. The van der Waals surface area contributed by atoms with Crippen LogP contribution < -0.4 is 11.1 Å². The van der Waals surface area contributed by atoms with Crippen molar-refractivity contribution in [3.63, 3.8) is 0 Å². The fourth-order valence-corrected chi connectivity index (χ4v) is 2.04. The van der Waals surface area contributed by atoms with Crippen LogP contribution in [0.5, 0.6) is 0 Å². The number of anilines is 3. The molecule has 0 fully saturated rings. The van der Waals surface area contributed by atoms with Crippen molar-refractivity contribution in [3.05, 3.63) is 52.8 Å². The first-order valence-electron chi connectivity index (χ1n) is 6.39. The molecule has 0 saturated carbocycles. The van der Waals surface area contributed by atoms with Crippen LogP contribution in [0.15, 0.2) is 36.4 Å². The van der Waals surface area contributed by atoms with Crippen molar-refractivity contribution >= 4 is 28.7 Å². The van der Waals surface area contributed by atoms with Crippen LogP contribution in [0, 0.1) is 5.82 Å². The van der Waals surface area contributed by atoms with Gasteiger partial charge in [0.2, 0.25) is 0 Å². The first-order chi connectivity index (χ1) is 9.27. The predicted molar refractivity (Wildman–Crippen MR) is 84.2 cm³/mol. The van der Waals surface area contributed by atoms with Gasteiger partial charge in [0.05, 0.1) is 16.4 Å². The zero-order valence-corrected chi connectivity index (χ0v) is 12.6. The Balaban J connectivity index is 2.25. The molecule has 2 rings (SSSR count). The predicted octanol–water partition coefficient (Wildman–Crippen LogP) is 5.10. The van der Waals surface area contributed by atoms with E-state index in [1.54, 1.807) is 0 Å². The molecule has 0 heterocycles. The van der Waals surface area contributed by atoms with Crippen molar-refractivity contribution in [2.24, 2.45) is 0 Å². The van der Waals surface area contributed by atoms with Crippen LogP contribution in [0.2, 0.25) is 5.02 Å². The van der Waals surface area contributed by atoms with Crippen molar-refractivity contribution in [2.75, 3.05) is 11.1 Å². The van der Waals surface area contributed by atoms with Gasteiger partial charge in [0.1, 0.15) is 5.82 Å². The zero-order chi connectivity index (χ0) is 14.9. The summed E-state index contributed by atoms with van der Waals surface area (Å²) in [5.74, 6) is -0.516. The van der Waals surface area contributed by atoms with E-state index in [4.69, 9.17) is 17.3 Å². The third-order valence-corrected chi connectivity index (χ3v) is 3.41. The van der Waals surface area contributed by atoms with E-state index in [1.165, 1.54) is 17.7 Å². The molecule has 0 radical (unpaired) electrons. The van der Waals surface area contributed by atoms with E-state index < -0.39 is 5.82 Å². The van der Waals surface area contributed by atoms with Crippen LogP contribution in [-0.4, -0.2) is 0 Å². The van der Waals surface area contributed by atoms with Crippen molar-refractivity contribution in [1.82, 2.24) is 0 Å². The van der Waals surface area contributed by atoms with Crippen molar-refractivity contribution in [2.45, 2.75) is 26.2 Å². The minimum atomic E-state index is -0.516. The Kier molecular flexibility index (Phi) is 3.91. The molecular weight excluding hydrogens is 275 g/mol. The molecule has 106 valence electrons. The molecule has 0 amide bonds. The molecular formula is C16H18ClFN2. The second-order valence-corrected chi connectivity index (χ2v) is 6.21. The van der Waals surface area contributed by atoms with E-state index >= 15 is 0 Å². The van der Waals surface area contributed by atoms with Gasteiger partial charge in [-0.3, -0.25) is 0 Å². The smallest absolute Gasteiger partial charge is 0.143 e. The van der Waals surface area contributed by atoms with Crippen LogP contribution in [0.3, 0.4) is 0 Å². The molecule has 2 nitrogen and oxygen atoms in total. The molecule has 2 aromatic rings. The Morgan fingerprint density at radius 3 is 2.25 bits per heavy atom. The summed E-state index contributed by atoms with van der Waals surface area (Å²) in [4.78, 5) is 0. The largest absolute Gasteiger partial charge is 0.397 e. The van der Waals surface area contributed by atoms with Crippen molar-refractivity contribution < 1.29 is 4.39 Å². The third kappa shape index (κ3) is 3.23. The highest BCUT2D eigenvalue weighted by atomic mass is 35.5. The minimum absolute atomic E-state index is 0.0491. The van der Waals surface area contributed by atoms with E-state index in [2.05, 4.69) is 38.2 Å². The van der Waals surface area contributed by atoms with Gasteiger partial charge in [0.25, 0.3) is 0 Å². The maximum Gasteiger partial charge on any atom is 0.143 e. The van der Waals surface area contributed by atoms with E-state index in [-0.39, 0.29) is 10.4 Å². The zero-order valence-electron chi connectivity index (χ0n) is 11.8. The summed E-state index contributed by atoms with van der Waals surface area (Å²) in [6, 6.07) is 10.8. The summed E-state index contributed by atoms with van der Waals surface area (Å²) in [6.45, 7) is 6.48. The molecule has 0 aliphatic heterocycles. The second kappa shape index (κ2) is 5.33. The molecule has 0 aromatic heterocycles. The van der Waals surface area contributed by atoms with Crippen molar-refractivity contribution in [3.8, 4) is 0 Å². The van der Waals surface area contributed by atoms with Gasteiger partial charge in [0, 0.05) is 11.8 Å². The van der Waals surface area contributed by atoms with E-state index in [0.717, 1.165) is 5.69 Å². The van der Waals surface area contributed by atoms with Gasteiger partial charge in [-0.15, -0.1) is 0 Å². The van der Waals surface area contributed by atoms with Crippen LogP contribution in [0.4, 0.5) is 21.5 Å². The van der Waals surface area contributed by atoms with Gasteiger partial charge in [-0.2, -0.15) is 0 Å². The number of halogens is 2. The first-order valence-corrected chi connectivity index (χ1v) is 6.77. The molecule has 20 heavy (non-hydrogen) atoms. The van der Waals surface area contributed by atoms with Crippen LogP contribution in [0.25, 0.3) is 0 Å². The SMILES string of the molecule is CC(C)(C)c1ccc(Nc2cc(Cl)c(F)cc2N)cc1. The average Bonchev–Trinajstić information content (AvgIpc) is 2.35. The van der Waals surface area contributed by atoms with Crippen LogP contribution >= 0.6 is 11.6 Å². The monoisotopic (exact) mass is 292 g/mol. The molecule has 0 bridgehead atoms. The summed E-state index contributed by atoms with van der Waals surface area (Å²) < 4.78 is 13.2. The number of nitrogen functional groups attached to an aromatic ring is 1. The second-order valence-electron chi connectivity index (χ2n) is 5.81. The van der Waals surface area contributed by atoms with E-state index in [0.29, 0.717) is 11.4 Å². The Labute approximate surface area is 123 Å². The molecule has 4 heteroatoms. The summed E-state index contributed by atoms with van der Waals surface area (Å²) in [5, 5.41) is 3.19. The number of nitrogens with one attached hydrogen (secondary N) is 1. The van der Waals surface area contributed by atoms with Crippen LogP contribution in [0.1, 0.15) is 26.3 Å². The highest BCUT2D eigenvalue weighted by Gasteiger charge is 2.13. The van der Waals surface area contributed by atoms with Gasteiger partial charge in [-0.05, 0) is 29.2 Å². The third-order valence-electron chi connectivity index (χ3n) is 3.12. The summed E-state index contributed by atoms with van der Waals surface area (Å²) in [6.07, 6.45) is 0. The van der Waals surface area contributed by atoms with Gasteiger partial charge in [0.15, 0.2) is 0 Å². The fraction of sp³-hybridized carbons (Fsp3) is 0.250. The van der Waals surface area contributed by atoms with Crippen LogP contribution in [-0.2, 0) is 5.41 Å². The lowest BCUT2D eigenvalue weighted by molar-refractivity contribution is 0.590. The maximum absolute atomic E-state index is 13.2. The Morgan fingerprint density at radius 1 is 1.10 bits per heavy atom. The standard InChI is InChI=1S/C16H18ClFN2/c1-16(2,3)10-4-6-11(7-5-10)20-15-8-12(17)13(18)9-14(15)19/h4-9,20H,19H2,1-3H3. The number of nitrogens with two attached hydrogens (primary N) is 1. The van der Waals surface area contributed by atoms with Gasteiger partial charge in [-0.1, -0.05) is 44.5 Å². The highest BCUT2D eigenvalue weighted by molar-refractivity contribution is 6.31. The highest BCUT2D eigenvalue weighted by Crippen LogP contribution is 2.30. The Morgan fingerprint density at radius 2 is 1.70 bits per heavy atom. The molecule has 2 aromatic carbocycles. The van der Waals surface area contributed by atoms with Crippen molar-refractivity contribution in [1.29, 1.82) is 0 Å². The topological polar surface area (TPSA) is 38.0 Å². The average molecular weight is 293 g/mol. The molecule has 0 aliphatic carbocycles. The quantitative estimate of drug-likeness (QED) is 0.756. The summed E-state index contributed by atoms with van der Waals surface area (Å²) >= 11 is 5.77. The Hall–Kier alpha value is -1.74. The lowest BCUT2D eigenvalue weighted by Crippen LogP contribution is -2.10. The number of hydrogen-bond donors (Lipinski definition) is 2. The van der Waals surface area contributed by atoms with E-state index in [9.17, 15) is 4.39 Å². The normalized spacial score (nSPS) is 11.4. The lowest BCUT2D eigenvalue weighted by Gasteiger charge is -2.19. The summed E-state index contributed by atoms with van der Waals surface area (Å²) in [7, 11) is 0. The van der Waals surface area contributed by atoms with E-state index in [1.807, 2.05) is 12.1 Å². The molecule has 0 atom stereocenters. The lowest BCUT2D eigenvalue weighted by atomic mass is 9.87. The fourth-order valence-electron chi connectivity index (χ4n) is 1.88. The summed E-state index contributed by atoms with van der Waals surface area (Å²) in [5.41, 5.74) is 8.93. The molecule has 3 N–H and O–H groups in total. The minimum Gasteiger partial charge on any atom is -0.397 e. The molecule has 0 unspecified atom stereocenters. The first kappa shape index (κ1) is 14.7. The molecule has 0 aliphatic rings.